The first-order valence-corrected chi connectivity index (χ1v) is 7.86. The van der Waals surface area contributed by atoms with E-state index in [0.29, 0.717) is 5.56 Å². The van der Waals surface area contributed by atoms with Crippen molar-refractivity contribution in [3.63, 3.8) is 0 Å². The molecule has 0 saturated carbocycles. The SMILES string of the molecule is O=C(CCN=C1NS(=O)(=O)c2ccccc21)Nc1ncn[nH]1. The van der Waals surface area contributed by atoms with E-state index in [9.17, 15) is 13.2 Å². The van der Waals surface area contributed by atoms with E-state index in [4.69, 9.17) is 0 Å². The minimum Gasteiger partial charge on any atom is -0.295 e. The number of anilines is 1. The first-order chi connectivity index (χ1) is 10.6. The van der Waals surface area contributed by atoms with Gasteiger partial charge in [0.1, 0.15) is 12.2 Å². The molecule has 1 amide bonds. The quantitative estimate of drug-likeness (QED) is 0.723. The topological polar surface area (TPSA) is 129 Å². The fourth-order valence-electron chi connectivity index (χ4n) is 1.98. The molecule has 0 radical (unpaired) electrons. The Morgan fingerprint density at radius 2 is 2.14 bits per heavy atom. The van der Waals surface area contributed by atoms with Crippen molar-refractivity contribution in [2.45, 2.75) is 11.3 Å². The second-order valence-electron chi connectivity index (χ2n) is 4.46. The number of hydrogen-bond acceptors (Lipinski definition) is 6. The summed E-state index contributed by atoms with van der Waals surface area (Å²) in [6.45, 7) is 0.145. The number of H-pyrrole nitrogens is 1. The number of carbonyl (C=O) groups is 1. The highest BCUT2D eigenvalue weighted by Gasteiger charge is 2.29. The van der Waals surface area contributed by atoms with Gasteiger partial charge in [-0.3, -0.25) is 19.8 Å². The zero-order valence-corrected chi connectivity index (χ0v) is 12.1. The molecule has 114 valence electrons. The molecular formula is C12H12N6O3S. The van der Waals surface area contributed by atoms with Gasteiger partial charge in [0.25, 0.3) is 10.0 Å². The molecule has 1 aromatic carbocycles. The third kappa shape index (κ3) is 2.81. The number of aliphatic imine (C=N–C) groups is 1. The van der Waals surface area contributed by atoms with Crippen LogP contribution >= 0.6 is 0 Å². The lowest BCUT2D eigenvalue weighted by Gasteiger charge is -2.00. The van der Waals surface area contributed by atoms with Gasteiger partial charge in [0.05, 0.1) is 11.4 Å². The van der Waals surface area contributed by atoms with Gasteiger partial charge in [0, 0.05) is 12.0 Å². The smallest absolute Gasteiger partial charge is 0.263 e. The fraction of sp³-hybridized carbons (Fsp3) is 0.167. The van der Waals surface area contributed by atoms with Crippen LogP contribution in [0.2, 0.25) is 0 Å². The Hall–Kier alpha value is -2.75. The second kappa shape index (κ2) is 5.56. The molecule has 22 heavy (non-hydrogen) atoms. The number of nitrogens with zero attached hydrogens (tertiary/aromatic N) is 3. The molecule has 2 aromatic rings. The van der Waals surface area contributed by atoms with Crippen LogP contribution in [0, 0.1) is 0 Å². The highest BCUT2D eigenvalue weighted by atomic mass is 32.2. The van der Waals surface area contributed by atoms with E-state index in [1.165, 1.54) is 12.4 Å². The third-order valence-corrected chi connectivity index (χ3v) is 4.34. The Kier molecular flexibility index (Phi) is 3.59. The number of aromatic amines is 1. The summed E-state index contributed by atoms with van der Waals surface area (Å²) in [7, 11) is -3.55. The number of hydrogen-bond donors (Lipinski definition) is 3. The summed E-state index contributed by atoms with van der Waals surface area (Å²) in [5.74, 6) is 0.211. The summed E-state index contributed by atoms with van der Waals surface area (Å²) >= 11 is 0. The predicted molar refractivity (Wildman–Crippen MR) is 77.8 cm³/mol. The molecule has 0 spiro atoms. The lowest BCUT2D eigenvalue weighted by Crippen LogP contribution is -2.23. The molecule has 3 rings (SSSR count). The number of amidine groups is 1. The van der Waals surface area contributed by atoms with Crippen LogP contribution in [0.4, 0.5) is 5.95 Å². The fourth-order valence-corrected chi connectivity index (χ4v) is 3.23. The minimum atomic E-state index is -3.55. The second-order valence-corrected chi connectivity index (χ2v) is 6.12. The number of nitrogens with one attached hydrogen (secondary N) is 3. The van der Waals surface area contributed by atoms with E-state index in [0.717, 1.165) is 0 Å². The Morgan fingerprint density at radius 1 is 1.32 bits per heavy atom. The molecule has 1 aliphatic rings. The van der Waals surface area contributed by atoms with Gasteiger partial charge >= 0.3 is 0 Å². The molecule has 1 aromatic heterocycles. The summed E-state index contributed by atoms with van der Waals surface area (Å²) in [6, 6.07) is 6.55. The van der Waals surface area contributed by atoms with Gasteiger partial charge < -0.3 is 0 Å². The van der Waals surface area contributed by atoms with E-state index in [1.807, 2.05) is 0 Å². The van der Waals surface area contributed by atoms with Crippen molar-refractivity contribution in [2.24, 2.45) is 4.99 Å². The number of rotatable bonds is 4. The van der Waals surface area contributed by atoms with Crippen LogP contribution in [0.5, 0.6) is 0 Å². The molecule has 1 aliphatic heterocycles. The molecule has 0 saturated heterocycles. The van der Waals surface area contributed by atoms with Gasteiger partial charge in [-0.25, -0.2) is 13.5 Å². The van der Waals surface area contributed by atoms with E-state index >= 15 is 0 Å². The minimum absolute atomic E-state index is 0.0914. The summed E-state index contributed by atoms with van der Waals surface area (Å²) in [6.07, 6.45) is 1.37. The Bertz CT molecular complexity index is 828. The van der Waals surface area contributed by atoms with Crippen molar-refractivity contribution in [2.75, 3.05) is 11.9 Å². The van der Waals surface area contributed by atoms with Crippen LogP contribution in [0.25, 0.3) is 0 Å². The normalized spacial score (nSPS) is 17.0. The van der Waals surface area contributed by atoms with Gasteiger partial charge in [-0.1, -0.05) is 12.1 Å². The summed E-state index contributed by atoms with van der Waals surface area (Å²) < 4.78 is 26.1. The molecule has 2 heterocycles. The van der Waals surface area contributed by atoms with Crippen LogP contribution in [-0.4, -0.2) is 41.9 Å². The number of carbonyl (C=O) groups excluding carboxylic acids is 1. The average molecular weight is 320 g/mol. The van der Waals surface area contributed by atoms with Gasteiger partial charge in [0.15, 0.2) is 0 Å². The number of fused-ring (bicyclic) bond motifs is 1. The Labute approximate surface area is 125 Å². The molecular weight excluding hydrogens is 308 g/mol. The van der Waals surface area contributed by atoms with Gasteiger partial charge in [0.2, 0.25) is 11.9 Å². The first-order valence-electron chi connectivity index (χ1n) is 6.38. The highest BCUT2D eigenvalue weighted by molar-refractivity contribution is 7.90. The molecule has 0 aliphatic carbocycles. The van der Waals surface area contributed by atoms with Gasteiger partial charge in [-0.2, -0.15) is 10.1 Å². The zero-order valence-electron chi connectivity index (χ0n) is 11.3. The lowest BCUT2D eigenvalue weighted by molar-refractivity contribution is -0.116. The average Bonchev–Trinajstić information content (AvgIpc) is 3.07. The maximum Gasteiger partial charge on any atom is 0.263 e. The van der Waals surface area contributed by atoms with Crippen LogP contribution in [0.1, 0.15) is 12.0 Å². The number of aromatic nitrogens is 3. The summed E-state index contributed by atoms with van der Waals surface area (Å²) in [4.78, 5) is 19.8. The van der Waals surface area contributed by atoms with Crippen molar-refractivity contribution in [3.05, 3.63) is 36.2 Å². The van der Waals surface area contributed by atoms with E-state index in [-0.39, 0.29) is 35.6 Å². The van der Waals surface area contributed by atoms with Gasteiger partial charge in [-0.05, 0) is 12.1 Å². The monoisotopic (exact) mass is 320 g/mol. The van der Waals surface area contributed by atoms with Crippen molar-refractivity contribution < 1.29 is 13.2 Å². The summed E-state index contributed by atoms with van der Waals surface area (Å²) in [5.41, 5.74) is 0.512. The molecule has 9 nitrogen and oxygen atoms in total. The maximum atomic E-state index is 11.9. The number of benzene rings is 1. The largest absolute Gasteiger partial charge is 0.295 e. The molecule has 0 atom stereocenters. The molecule has 0 unspecified atom stereocenters. The van der Waals surface area contributed by atoms with Crippen molar-refractivity contribution in [1.29, 1.82) is 0 Å². The van der Waals surface area contributed by atoms with Crippen LogP contribution < -0.4 is 10.0 Å². The molecule has 3 N–H and O–H groups in total. The van der Waals surface area contributed by atoms with Crippen LogP contribution in [0.15, 0.2) is 40.5 Å². The molecule has 0 fully saturated rings. The first kappa shape index (κ1) is 14.2. The van der Waals surface area contributed by atoms with Crippen molar-refractivity contribution in [3.8, 4) is 0 Å². The predicted octanol–water partition coefficient (Wildman–Crippen LogP) is -0.128. The maximum absolute atomic E-state index is 11.9. The van der Waals surface area contributed by atoms with E-state index in [2.05, 4.69) is 30.2 Å². The Balaban J connectivity index is 1.66. The van der Waals surface area contributed by atoms with Crippen molar-refractivity contribution in [1.82, 2.24) is 19.9 Å². The highest BCUT2D eigenvalue weighted by Crippen LogP contribution is 2.22. The summed E-state index contributed by atoms with van der Waals surface area (Å²) in [5, 5.41) is 8.61. The van der Waals surface area contributed by atoms with E-state index in [1.54, 1.807) is 18.2 Å². The third-order valence-electron chi connectivity index (χ3n) is 2.94. The zero-order chi connectivity index (χ0) is 15.6. The van der Waals surface area contributed by atoms with Crippen LogP contribution in [-0.2, 0) is 14.8 Å². The number of sulfonamides is 1. The number of amides is 1. The Morgan fingerprint density at radius 3 is 2.91 bits per heavy atom. The van der Waals surface area contributed by atoms with E-state index < -0.39 is 10.0 Å². The van der Waals surface area contributed by atoms with Crippen molar-refractivity contribution >= 4 is 27.7 Å². The lowest BCUT2D eigenvalue weighted by atomic mass is 10.2. The van der Waals surface area contributed by atoms with Crippen LogP contribution in [0.3, 0.4) is 0 Å². The van der Waals surface area contributed by atoms with Gasteiger partial charge in [-0.15, -0.1) is 0 Å². The molecule has 10 heteroatoms. The molecule has 0 bridgehead atoms. The standard InChI is InChI=1S/C12H12N6O3S/c19-10(16-12-14-7-15-17-12)5-6-13-11-8-3-1-2-4-9(8)22(20,21)18-11/h1-4,7H,5-6H2,(H,13,18)(H2,14,15,16,17,19).